The first-order valence-electron chi connectivity index (χ1n) is 6.86. The molecule has 2 N–H and O–H groups in total. The zero-order valence-electron chi connectivity index (χ0n) is 12.2. The number of aromatic nitrogens is 2. The monoisotopic (exact) mass is 296 g/mol. The number of carboxylic acids is 1. The number of carbonyl (C=O) groups is 2. The first-order chi connectivity index (χ1) is 10.0. The number of rotatable bonds is 5. The van der Waals surface area contributed by atoms with Crippen molar-refractivity contribution in [2.24, 2.45) is 13.0 Å². The number of likely N-dealkylation sites (N-methyl/N-ethyl adjacent to an activating group) is 1. The Balaban J connectivity index is 1.96. The predicted molar refractivity (Wildman–Crippen MR) is 73.6 cm³/mol. The fraction of sp³-hybridized carbons (Fsp3) is 0.615. The van der Waals surface area contributed by atoms with Crippen molar-refractivity contribution in [3.05, 3.63) is 18.0 Å². The maximum atomic E-state index is 12.2. The lowest BCUT2D eigenvalue weighted by Gasteiger charge is -2.29. The van der Waals surface area contributed by atoms with Crippen molar-refractivity contribution in [1.29, 1.82) is 0 Å². The molecule has 21 heavy (non-hydrogen) atoms. The lowest BCUT2D eigenvalue weighted by atomic mass is 10.0. The van der Waals surface area contributed by atoms with E-state index in [1.807, 2.05) is 13.0 Å². The van der Waals surface area contributed by atoms with E-state index in [9.17, 15) is 9.59 Å². The highest BCUT2D eigenvalue weighted by molar-refractivity contribution is 5.77. The summed E-state index contributed by atoms with van der Waals surface area (Å²) in [7, 11) is 1.80. The van der Waals surface area contributed by atoms with Crippen LogP contribution < -0.4 is 5.32 Å². The Labute approximate surface area is 122 Å². The van der Waals surface area contributed by atoms with Crippen LogP contribution in [0.3, 0.4) is 0 Å². The molecule has 8 heteroatoms. The molecule has 2 atom stereocenters. The predicted octanol–water partition coefficient (Wildman–Crippen LogP) is 0.0512. The molecule has 0 aromatic carbocycles. The van der Waals surface area contributed by atoms with Gasteiger partial charge in [0.25, 0.3) is 0 Å². The van der Waals surface area contributed by atoms with Gasteiger partial charge in [0.2, 0.25) is 0 Å². The summed E-state index contributed by atoms with van der Waals surface area (Å²) in [5, 5.41) is 16.1. The molecule has 1 saturated heterocycles. The first kappa shape index (κ1) is 15.3. The van der Waals surface area contributed by atoms with Crippen LogP contribution in [0.5, 0.6) is 0 Å². The summed E-state index contributed by atoms with van der Waals surface area (Å²) >= 11 is 0. The quantitative estimate of drug-likeness (QED) is 0.800. The number of hydrogen-bond acceptors (Lipinski definition) is 4. The molecule has 0 spiro atoms. The van der Waals surface area contributed by atoms with E-state index in [1.165, 1.54) is 4.90 Å². The standard InChI is InChI=1S/C13H20N4O4/c1-3-17(11-8-21-7-10(11)12(18)19)13(20)14-6-9-4-5-16(2)15-9/h4-5,10-11H,3,6-8H2,1-2H3,(H,14,20)(H,18,19). The lowest BCUT2D eigenvalue weighted by molar-refractivity contribution is -0.142. The van der Waals surface area contributed by atoms with Gasteiger partial charge in [-0.2, -0.15) is 5.10 Å². The second-order valence-electron chi connectivity index (χ2n) is 4.98. The summed E-state index contributed by atoms with van der Waals surface area (Å²) in [5.41, 5.74) is 0.749. The van der Waals surface area contributed by atoms with Gasteiger partial charge in [-0.3, -0.25) is 9.48 Å². The minimum absolute atomic E-state index is 0.143. The van der Waals surface area contributed by atoms with Crippen LogP contribution in [0.25, 0.3) is 0 Å². The topological polar surface area (TPSA) is 96.7 Å². The molecule has 2 amide bonds. The SMILES string of the molecule is CCN(C(=O)NCc1ccn(C)n1)C1COCC1C(=O)O. The average molecular weight is 296 g/mol. The Kier molecular flexibility index (Phi) is 4.79. The van der Waals surface area contributed by atoms with E-state index in [1.54, 1.807) is 17.9 Å². The average Bonchev–Trinajstić information content (AvgIpc) is 3.06. The number of nitrogens with one attached hydrogen (secondary N) is 1. The maximum Gasteiger partial charge on any atom is 0.318 e. The van der Waals surface area contributed by atoms with Crippen LogP contribution in [0.15, 0.2) is 12.3 Å². The zero-order chi connectivity index (χ0) is 15.4. The Morgan fingerprint density at radius 2 is 2.33 bits per heavy atom. The second-order valence-corrected chi connectivity index (χ2v) is 4.98. The third-order valence-corrected chi connectivity index (χ3v) is 3.56. The van der Waals surface area contributed by atoms with Crippen molar-refractivity contribution < 1.29 is 19.4 Å². The Morgan fingerprint density at radius 3 is 2.90 bits per heavy atom. The molecular weight excluding hydrogens is 276 g/mol. The number of nitrogens with zero attached hydrogens (tertiary/aromatic N) is 3. The molecule has 0 radical (unpaired) electrons. The fourth-order valence-electron chi connectivity index (χ4n) is 2.44. The van der Waals surface area contributed by atoms with Gasteiger partial charge in [0, 0.05) is 19.8 Å². The fourth-order valence-corrected chi connectivity index (χ4v) is 2.44. The van der Waals surface area contributed by atoms with E-state index in [4.69, 9.17) is 9.84 Å². The number of aliphatic carboxylic acids is 1. The van der Waals surface area contributed by atoms with Crippen molar-refractivity contribution in [3.8, 4) is 0 Å². The van der Waals surface area contributed by atoms with Gasteiger partial charge < -0.3 is 20.1 Å². The number of carbonyl (C=O) groups excluding carboxylic acids is 1. The van der Waals surface area contributed by atoms with E-state index in [2.05, 4.69) is 10.4 Å². The normalized spacial score (nSPS) is 21.2. The zero-order valence-corrected chi connectivity index (χ0v) is 12.2. The minimum atomic E-state index is -0.937. The van der Waals surface area contributed by atoms with Crippen LogP contribution in [0.1, 0.15) is 12.6 Å². The maximum absolute atomic E-state index is 12.2. The minimum Gasteiger partial charge on any atom is -0.481 e. The highest BCUT2D eigenvalue weighted by Crippen LogP contribution is 2.20. The third kappa shape index (κ3) is 3.52. The molecule has 1 fully saturated rings. The largest absolute Gasteiger partial charge is 0.481 e. The van der Waals surface area contributed by atoms with Crippen molar-refractivity contribution in [2.45, 2.75) is 19.5 Å². The number of amides is 2. The molecule has 1 aliphatic heterocycles. The van der Waals surface area contributed by atoms with E-state index >= 15 is 0 Å². The molecular formula is C13H20N4O4. The number of carboxylic acid groups (broad SMARTS) is 1. The summed E-state index contributed by atoms with van der Waals surface area (Å²) in [6, 6.07) is 1.08. The summed E-state index contributed by atoms with van der Waals surface area (Å²) in [5.74, 6) is -1.61. The van der Waals surface area contributed by atoms with Gasteiger partial charge in [0.15, 0.2) is 0 Å². The van der Waals surface area contributed by atoms with Crippen molar-refractivity contribution in [3.63, 3.8) is 0 Å². The van der Waals surface area contributed by atoms with Crippen LogP contribution in [-0.4, -0.2) is 57.6 Å². The van der Waals surface area contributed by atoms with Gasteiger partial charge in [0.1, 0.15) is 5.92 Å². The molecule has 1 aromatic heterocycles. The van der Waals surface area contributed by atoms with Crippen LogP contribution in [0.4, 0.5) is 4.79 Å². The number of urea groups is 1. The summed E-state index contributed by atoms with van der Waals surface area (Å²) in [6.07, 6.45) is 1.80. The van der Waals surface area contributed by atoms with Crippen LogP contribution in [0.2, 0.25) is 0 Å². The smallest absolute Gasteiger partial charge is 0.318 e. The molecule has 1 aliphatic rings. The summed E-state index contributed by atoms with van der Waals surface area (Å²) in [6.45, 7) is 2.94. The van der Waals surface area contributed by atoms with Crippen molar-refractivity contribution in [1.82, 2.24) is 20.0 Å². The molecule has 116 valence electrons. The van der Waals surface area contributed by atoms with Crippen molar-refractivity contribution >= 4 is 12.0 Å². The Bertz CT molecular complexity index is 516. The second kappa shape index (κ2) is 6.57. The van der Waals surface area contributed by atoms with Gasteiger partial charge >= 0.3 is 12.0 Å². The molecule has 1 aromatic rings. The van der Waals surface area contributed by atoms with Crippen molar-refractivity contribution in [2.75, 3.05) is 19.8 Å². The summed E-state index contributed by atoms with van der Waals surface area (Å²) in [4.78, 5) is 24.9. The molecule has 0 bridgehead atoms. The highest BCUT2D eigenvalue weighted by Gasteiger charge is 2.39. The summed E-state index contributed by atoms with van der Waals surface area (Å²) < 4.78 is 6.87. The molecule has 0 saturated carbocycles. The van der Waals surface area contributed by atoms with Gasteiger partial charge in [-0.15, -0.1) is 0 Å². The van der Waals surface area contributed by atoms with E-state index in [-0.39, 0.29) is 19.2 Å². The molecule has 2 unspecified atom stereocenters. The Hall–Kier alpha value is -2.09. The Morgan fingerprint density at radius 1 is 1.57 bits per heavy atom. The van der Waals surface area contributed by atoms with Gasteiger partial charge in [-0.05, 0) is 13.0 Å². The lowest BCUT2D eigenvalue weighted by Crippen LogP contribution is -2.50. The first-order valence-corrected chi connectivity index (χ1v) is 6.86. The molecule has 2 rings (SSSR count). The molecule has 0 aliphatic carbocycles. The number of hydrogen-bond donors (Lipinski definition) is 2. The third-order valence-electron chi connectivity index (χ3n) is 3.56. The van der Waals surface area contributed by atoms with Crippen LogP contribution in [0, 0.1) is 5.92 Å². The van der Waals surface area contributed by atoms with E-state index in [0.29, 0.717) is 13.1 Å². The highest BCUT2D eigenvalue weighted by atomic mass is 16.5. The van der Waals surface area contributed by atoms with Crippen LogP contribution >= 0.6 is 0 Å². The van der Waals surface area contributed by atoms with Gasteiger partial charge in [-0.1, -0.05) is 0 Å². The van der Waals surface area contributed by atoms with E-state index < -0.39 is 17.9 Å². The van der Waals surface area contributed by atoms with E-state index in [0.717, 1.165) is 5.69 Å². The van der Waals surface area contributed by atoms with Gasteiger partial charge in [-0.25, -0.2) is 4.79 Å². The van der Waals surface area contributed by atoms with Gasteiger partial charge in [0.05, 0.1) is 31.5 Å². The molecule has 8 nitrogen and oxygen atoms in total. The van der Waals surface area contributed by atoms with Crippen LogP contribution in [-0.2, 0) is 23.1 Å². The number of aryl methyl sites for hydroxylation is 1. The molecule has 2 heterocycles. The number of ether oxygens (including phenoxy) is 1.